The minimum absolute atomic E-state index is 0. The Kier molecular flexibility index (Phi) is 7.09. The summed E-state index contributed by atoms with van der Waals surface area (Å²) < 4.78 is 24.4. The van der Waals surface area contributed by atoms with Crippen molar-refractivity contribution in [2.24, 2.45) is 9.98 Å². The van der Waals surface area contributed by atoms with E-state index in [1.807, 2.05) is 24.3 Å². The average Bonchev–Trinajstić information content (AvgIpc) is 3.11. The van der Waals surface area contributed by atoms with Gasteiger partial charge in [-0.3, -0.25) is 0 Å². The van der Waals surface area contributed by atoms with Gasteiger partial charge in [0, 0.05) is 17.8 Å². The first-order valence-electron chi connectivity index (χ1n) is 9.11. The highest BCUT2D eigenvalue weighted by Gasteiger charge is 2.09. The highest BCUT2D eigenvalue weighted by molar-refractivity contribution is 6.31. The molecular formula is C22H18Cl2FN3O3. The Morgan fingerprint density at radius 2 is 1.81 bits per heavy atom. The van der Waals surface area contributed by atoms with E-state index in [0.29, 0.717) is 39.3 Å². The molecule has 0 spiro atoms. The van der Waals surface area contributed by atoms with Crippen LogP contribution in [0.2, 0.25) is 5.02 Å². The summed E-state index contributed by atoms with van der Waals surface area (Å²) in [7, 11) is 1.56. The molecule has 160 valence electrons. The van der Waals surface area contributed by atoms with Crippen LogP contribution in [0.5, 0.6) is 11.5 Å². The summed E-state index contributed by atoms with van der Waals surface area (Å²) in [5.41, 5.74) is 2.47. The molecule has 0 saturated carbocycles. The number of carbonyl (C=O) groups excluding carboxylic acids is 1. The van der Waals surface area contributed by atoms with Crippen LogP contribution < -0.4 is 25.5 Å². The van der Waals surface area contributed by atoms with Crippen molar-refractivity contribution in [3.63, 3.8) is 0 Å². The number of urea groups is 1. The molecule has 0 fully saturated rings. The Morgan fingerprint density at radius 3 is 2.58 bits per heavy atom. The number of nitrogens with one attached hydrogen (secondary N) is 1. The predicted octanol–water partition coefficient (Wildman–Crippen LogP) is 4.47. The van der Waals surface area contributed by atoms with Gasteiger partial charge in [-0.25, -0.2) is 9.18 Å². The van der Waals surface area contributed by atoms with Crippen molar-refractivity contribution in [1.29, 1.82) is 0 Å². The standard InChI is InChI=1S/C22H17ClFN3O3.ClH/c1-29-21-8-13(11-25-16-5-6-18-19(10-16)27-22(28)26-18)2-7-20(21)30-12-14-3-4-15(24)9-17(14)23;/h2-10,25H,11-12H2,1H3;1H. The van der Waals surface area contributed by atoms with E-state index < -0.39 is 11.8 Å². The first-order chi connectivity index (χ1) is 14.5. The van der Waals surface area contributed by atoms with Crippen molar-refractivity contribution in [3.05, 3.63) is 87.3 Å². The fourth-order valence-electron chi connectivity index (χ4n) is 2.99. The number of hydrogen-bond donors (Lipinski definition) is 1. The monoisotopic (exact) mass is 461 g/mol. The number of nitrogens with zero attached hydrogens (tertiary/aromatic N) is 2. The van der Waals surface area contributed by atoms with E-state index >= 15 is 0 Å². The van der Waals surface area contributed by atoms with Gasteiger partial charge >= 0.3 is 6.03 Å². The predicted molar refractivity (Wildman–Crippen MR) is 117 cm³/mol. The number of rotatable bonds is 7. The molecule has 1 heterocycles. The highest BCUT2D eigenvalue weighted by Crippen LogP contribution is 2.30. The van der Waals surface area contributed by atoms with Crippen LogP contribution >= 0.6 is 24.0 Å². The van der Waals surface area contributed by atoms with Gasteiger partial charge in [0.25, 0.3) is 0 Å². The van der Waals surface area contributed by atoms with Gasteiger partial charge < -0.3 is 14.8 Å². The number of methoxy groups -OCH3 is 1. The molecule has 2 amide bonds. The number of carbonyl (C=O) groups is 1. The van der Waals surface area contributed by atoms with E-state index in [1.165, 1.54) is 12.1 Å². The van der Waals surface area contributed by atoms with Gasteiger partial charge in [0.15, 0.2) is 11.5 Å². The molecule has 1 N–H and O–H groups in total. The van der Waals surface area contributed by atoms with Gasteiger partial charge in [-0.05, 0) is 48.0 Å². The van der Waals surface area contributed by atoms with E-state index in [0.717, 1.165) is 11.3 Å². The summed E-state index contributed by atoms with van der Waals surface area (Å²) in [5.74, 6) is 0.732. The second-order valence-electron chi connectivity index (χ2n) is 6.57. The molecule has 0 saturated heterocycles. The summed E-state index contributed by atoms with van der Waals surface area (Å²) >= 11 is 6.05. The number of benzene rings is 3. The summed E-state index contributed by atoms with van der Waals surface area (Å²) in [5, 5.41) is 4.73. The molecule has 3 aromatic rings. The summed E-state index contributed by atoms with van der Waals surface area (Å²) in [6.45, 7) is 0.722. The van der Waals surface area contributed by atoms with Crippen molar-refractivity contribution in [3.8, 4) is 11.5 Å². The summed E-state index contributed by atoms with van der Waals surface area (Å²) in [6, 6.07) is 14.7. The largest absolute Gasteiger partial charge is 0.493 e. The molecule has 6 nitrogen and oxygen atoms in total. The zero-order chi connectivity index (χ0) is 21.1. The van der Waals surface area contributed by atoms with Gasteiger partial charge in [-0.2, -0.15) is 9.98 Å². The first kappa shape index (κ1) is 22.5. The Bertz CT molecular complexity index is 1250. The zero-order valence-corrected chi connectivity index (χ0v) is 18.0. The van der Waals surface area contributed by atoms with E-state index in [4.69, 9.17) is 21.1 Å². The fourth-order valence-corrected chi connectivity index (χ4v) is 3.21. The van der Waals surface area contributed by atoms with Gasteiger partial charge in [0.05, 0.1) is 22.8 Å². The molecule has 9 heteroatoms. The molecule has 31 heavy (non-hydrogen) atoms. The quantitative estimate of drug-likeness (QED) is 0.563. The molecule has 4 rings (SSSR count). The molecule has 0 aromatic heterocycles. The Balaban J connectivity index is 0.00000272. The van der Waals surface area contributed by atoms with Gasteiger partial charge in [0.2, 0.25) is 0 Å². The van der Waals surface area contributed by atoms with Crippen molar-refractivity contribution >= 4 is 35.7 Å². The summed E-state index contributed by atoms with van der Waals surface area (Å²) in [6.07, 6.45) is 0. The topological polar surface area (TPSA) is 72.3 Å². The molecular weight excluding hydrogens is 444 g/mol. The maximum Gasteiger partial charge on any atom is 0.368 e. The van der Waals surface area contributed by atoms with E-state index in [2.05, 4.69) is 15.3 Å². The van der Waals surface area contributed by atoms with E-state index in [-0.39, 0.29) is 19.0 Å². The van der Waals surface area contributed by atoms with Crippen molar-refractivity contribution in [1.82, 2.24) is 0 Å². The van der Waals surface area contributed by atoms with Gasteiger partial charge in [0.1, 0.15) is 12.4 Å². The van der Waals surface area contributed by atoms with Crippen molar-refractivity contribution in [2.75, 3.05) is 12.4 Å². The second kappa shape index (κ2) is 9.76. The Morgan fingerprint density at radius 1 is 1.00 bits per heavy atom. The number of halogens is 3. The molecule has 1 aliphatic heterocycles. The van der Waals surface area contributed by atoms with E-state index in [1.54, 1.807) is 25.3 Å². The number of ether oxygens (including phenoxy) is 2. The molecule has 3 aromatic carbocycles. The molecule has 0 aliphatic carbocycles. The Labute approximate surface area is 188 Å². The van der Waals surface area contributed by atoms with Gasteiger partial charge in [-0.15, -0.1) is 12.4 Å². The Hall–Kier alpha value is -3.16. The average molecular weight is 462 g/mol. The smallest absolute Gasteiger partial charge is 0.368 e. The third kappa shape index (κ3) is 5.31. The van der Waals surface area contributed by atoms with Gasteiger partial charge in [-0.1, -0.05) is 23.7 Å². The number of fused-ring (bicyclic) bond motifs is 1. The number of hydrogen-bond acceptors (Lipinski definition) is 4. The molecule has 0 bridgehead atoms. The third-order valence-electron chi connectivity index (χ3n) is 4.53. The fraction of sp³-hybridized carbons (Fsp3) is 0.136. The normalized spacial score (nSPS) is 11.6. The summed E-state index contributed by atoms with van der Waals surface area (Å²) in [4.78, 5) is 18.9. The van der Waals surface area contributed by atoms with Crippen LogP contribution in [0.4, 0.5) is 14.9 Å². The van der Waals surface area contributed by atoms with Crippen LogP contribution in [0, 0.1) is 5.82 Å². The number of anilines is 1. The SMILES string of the molecule is COc1cc(CNc2ccc3c(c2)=NC(=O)N=3)ccc1OCc1ccc(F)cc1Cl.Cl. The van der Waals surface area contributed by atoms with Crippen LogP contribution in [0.15, 0.2) is 64.6 Å². The third-order valence-corrected chi connectivity index (χ3v) is 4.88. The number of amides is 2. The van der Waals surface area contributed by atoms with Crippen LogP contribution in [-0.2, 0) is 13.2 Å². The van der Waals surface area contributed by atoms with Crippen LogP contribution in [0.3, 0.4) is 0 Å². The maximum absolute atomic E-state index is 13.2. The molecule has 0 atom stereocenters. The van der Waals surface area contributed by atoms with Crippen molar-refractivity contribution < 1.29 is 18.7 Å². The minimum atomic E-state index is -0.482. The lowest BCUT2D eigenvalue weighted by Gasteiger charge is -2.13. The lowest BCUT2D eigenvalue weighted by molar-refractivity contribution is 0.256. The van der Waals surface area contributed by atoms with Crippen LogP contribution in [0.1, 0.15) is 11.1 Å². The first-order valence-corrected chi connectivity index (χ1v) is 9.48. The molecule has 0 unspecified atom stereocenters. The zero-order valence-electron chi connectivity index (χ0n) is 16.4. The van der Waals surface area contributed by atoms with Crippen LogP contribution in [-0.4, -0.2) is 13.1 Å². The maximum atomic E-state index is 13.2. The lowest BCUT2D eigenvalue weighted by atomic mass is 10.2. The molecule has 0 radical (unpaired) electrons. The van der Waals surface area contributed by atoms with E-state index in [9.17, 15) is 9.18 Å². The van der Waals surface area contributed by atoms with Crippen LogP contribution in [0.25, 0.3) is 0 Å². The minimum Gasteiger partial charge on any atom is -0.493 e. The highest BCUT2D eigenvalue weighted by atomic mass is 35.5. The molecule has 1 aliphatic rings. The second-order valence-corrected chi connectivity index (χ2v) is 6.98. The lowest BCUT2D eigenvalue weighted by Crippen LogP contribution is -2.21. The van der Waals surface area contributed by atoms with Crippen molar-refractivity contribution in [2.45, 2.75) is 13.2 Å².